The van der Waals surface area contributed by atoms with Gasteiger partial charge in [0.05, 0.1) is 0 Å². The fourth-order valence-electron chi connectivity index (χ4n) is 4.83. The van der Waals surface area contributed by atoms with Crippen LogP contribution in [0, 0.1) is 34.4 Å². The lowest BCUT2D eigenvalue weighted by atomic mass is 9.89. The number of pyridine rings is 1. The summed E-state index contributed by atoms with van der Waals surface area (Å²) in [6, 6.07) is 27.5. The Morgan fingerprint density at radius 2 is 1.25 bits per heavy atom. The third-order valence-corrected chi connectivity index (χ3v) is 6.77. The molecule has 0 N–H and O–H groups in total. The Balaban J connectivity index is 1.75. The topological polar surface area (TPSA) is 3.88 Å². The van der Waals surface area contributed by atoms with Gasteiger partial charge >= 0.3 is 0 Å². The fraction of sp³-hybridized carbons (Fsp3) is 0.171. The number of aromatic nitrogens is 1. The van der Waals surface area contributed by atoms with Gasteiger partial charge in [-0.05, 0) is 90.5 Å². The van der Waals surface area contributed by atoms with Crippen molar-refractivity contribution in [3.05, 3.63) is 125 Å². The van der Waals surface area contributed by atoms with Gasteiger partial charge in [-0.1, -0.05) is 84.4 Å². The Labute approximate surface area is 228 Å². The zero-order chi connectivity index (χ0) is 32.9. The fourth-order valence-corrected chi connectivity index (χ4v) is 4.83. The summed E-state index contributed by atoms with van der Waals surface area (Å²) in [5, 5.41) is 0. The van der Waals surface area contributed by atoms with E-state index in [1.54, 1.807) is 48.9 Å². The van der Waals surface area contributed by atoms with Crippen molar-refractivity contribution in [2.75, 3.05) is 0 Å². The number of hydrogen-bond donors (Lipinski definition) is 0. The highest BCUT2D eigenvalue weighted by molar-refractivity contribution is 5.81. The summed E-state index contributed by atoms with van der Waals surface area (Å²) < 4.78 is 76.2. The van der Waals surface area contributed by atoms with E-state index < -0.39 is 20.6 Å². The minimum absolute atomic E-state index is 0.0399. The predicted molar refractivity (Wildman–Crippen MR) is 153 cm³/mol. The van der Waals surface area contributed by atoms with E-state index in [2.05, 4.69) is 0 Å². The van der Waals surface area contributed by atoms with E-state index in [4.69, 9.17) is 12.3 Å². The van der Waals surface area contributed by atoms with Crippen LogP contribution >= 0.6 is 0 Å². The first-order valence-electron chi connectivity index (χ1n) is 16.4. The van der Waals surface area contributed by atoms with Crippen molar-refractivity contribution in [2.24, 2.45) is 7.05 Å². The molecule has 0 amide bonds. The largest absolute Gasteiger partial charge is 0.213 e. The van der Waals surface area contributed by atoms with Crippen LogP contribution in [0.5, 0.6) is 0 Å². The summed E-state index contributed by atoms with van der Waals surface area (Å²) in [5.74, 6) is 0. The number of benzene rings is 4. The Morgan fingerprint density at radius 1 is 0.556 bits per heavy atom. The molecule has 1 aromatic heterocycles. The van der Waals surface area contributed by atoms with E-state index in [9.17, 15) is 0 Å². The van der Waals surface area contributed by atoms with Gasteiger partial charge in [0.1, 0.15) is 7.05 Å². The number of rotatable bonds is 4. The van der Waals surface area contributed by atoms with Gasteiger partial charge < -0.3 is 0 Å². The van der Waals surface area contributed by atoms with Crippen LogP contribution in [0.25, 0.3) is 44.6 Å². The molecule has 0 aliphatic rings. The standard InChI is InChI=1S/C35H34N/c1-23-15-17-31(24(2)19-23)34-21-35(36(6)22-26(34)4)33-14-10-13-32(27(33)5)30-18-16-29(20-25(30)3)28-11-8-7-9-12-28/h7-22H,1-6H3/q+1/i2D3,3D3,4D3. The van der Waals surface area contributed by atoms with E-state index in [1.165, 1.54) is 6.20 Å². The van der Waals surface area contributed by atoms with Crippen molar-refractivity contribution in [3.8, 4) is 44.6 Å². The van der Waals surface area contributed by atoms with E-state index in [-0.39, 0.29) is 16.7 Å². The lowest BCUT2D eigenvalue weighted by molar-refractivity contribution is -0.660. The highest BCUT2D eigenvalue weighted by Gasteiger charge is 2.19. The average Bonchev–Trinajstić information content (AvgIpc) is 2.96. The van der Waals surface area contributed by atoms with E-state index in [0.717, 1.165) is 33.4 Å². The van der Waals surface area contributed by atoms with Crippen LogP contribution in [0.1, 0.15) is 40.2 Å². The smallest absolute Gasteiger partial charge is 0.201 e. The molecule has 5 aromatic rings. The highest BCUT2D eigenvalue weighted by atomic mass is 14.9. The second kappa shape index (κ2) is 9.59. The summed E-state index contributed by atoms with van der Waals surface area (Å²) in [5.41, 5.74) is 7.03. The van der Waals surface area contributed by atoms with E-state index in [1.807, 2.05) is 67.6 Å². The van der Waals surface area contributed by atoms with Gasteiger partial charge in [-0.25, -0.2) is 4.57 Å². The third kappa shape index (κ3) is 4.38. The minimum Gasteiger partial charge on any atom is -0.201 e. The summed E-state index contributed by atoms with van der Waals surface area (Å²) in [6.45, 7) is -3.63. The predicted octanol–water partition coefficient (Wildman–Crippen LogP) is 8.72. The van der Waals surface area contributed by atoms with Crippen LogP contribution < -0.4 is 4.57 Å². The Hall–Kier alpha value is -3.97. The van der Waals surface area contributed by atoms with Gasteiger partial charge in [0, 0.05) is 29.5 Å². The molecular formula is C35H34N+. The van der Waals surface area contributed by atoms with Crippen LogP contribution in [0.4, 0.5) is 0 Å². The second-order valence-corrected chi connectivity index (χ2v) is 9.25. The van der Waals surface area contributed by atoms with Crippen molar-refractivity contribution >= 4 is 0 Å². The maximum Gasteiger partial charge on any atom is 0.213 e. The normalized spacial score (nSPS) is 15.8. The zero-order valence-electron chi connectivity index (χ0n) is 29.7. The van der Waals surface area contributed by atoms with Gasteiger partial charge in [0.25, 0.3) is 0 Å². The first kappa shape index (κ1) is 15.2. The number of hydrogen-bond acceptors (Lipinski definition) is 0. The summed E-state index contributed by atoms with van der Waals surface area (Å²) >= 11 is 0. The molecule has 0 aliphatic heterocycles. The highest BCUT2D eigenvalue weighted by Crippen LogP contribution is 2.36. The van der Waals surface area contributed by atoms with Gasteiger partial charge in [-0.3, -0.25) is 0 Å². The van der Waals surface area contributed by atoms with Crippen LogP contribution in [0.15, 0.2) is 97.2 Å². The average molecular weight is 478 g/mol. The van der Waals surface area contributed by atoms with Crippen molar-refractivity contribution in [1.29, 1.82) is 0 Å². The van der Waals surface area contributed by atoms with Crippen molar-refractivity contribution in [2.45, 2.75) is 34.4 Å². The molecule has 4 aromatic carbocycles. The lowest BCUT2D eigenvalue weighted by Crippen LogP contribution is -2.31. The molecule has 1 heteroatoms. The molecule has 36 heavy (non-hydrogen) atoms. The molecule has 1 heterocycles. The molecule has 0 unspecified atom stereocenters. The van der Waals surface area contributed by atoms with Crippen LogP contribution in [-0.2, 0) is 7.05 Å². The second-order valence-electron chi connectivity index (χ2n) is 9.25. The van der Waals surface area contributed by atoms with Crippen molar-refractivity contribution < 1.29 is 16.9 Å². The summed E-state index contributed by atoms with van der Waals surface area (Å²) in [7, 11) is 1.75. The third-order valence-electron chi connectivity index (χ3n) is 6.77. The van der Waals surface area contributed by atoms with Gasteiger partial charge in [0.15, 0.2) is 6.20 Å². The van der Waals surface area contributed by atoms with Crippen LogP contribution in [-0.4, -0.2) is 0 Å². The maximum atomic E-state index is 8.37. The zero-order valence-corrected chi connectivity index (χ0v) is 20.7. The Kier molecular flexibility index (Phi) is 4.05. The Bertz CT molecular complexity index is 1880. The maximum absolute atomic E-state index is 8.37. The lowest BCUT2D eigenvalue weighted by Gasteiger charge is -2.15. The molecule has 1 nitrogen and oxygen atoms in total. The molecule has 0 saturated carbocycles. The minimum atomic E-state index is -2.51. The SMILES string of the molecule is [2H]C([2H])([2H])c1cc(C)ccc1-c1cc(-c2cccc(-c3ccc(-c4ccccc4)cc3C([2H])([2H])[2H])c2C)[n+](C)cc1C([2H])([2H])[2H]. The monoisotopic (exact) mass is 477 g/mol. The van der Waals surface area contributed by atoms with Crippen molar-refractivity contribution in [3.63, 3.8) is 0 Å². The van der Waals surface area contributed by atoms with E-state index in [0.29, 0.717) is 22.4 Å². The van der Waals surface area contributed by atoms with E-state index >= 15 is 0 Å². The van der Waals surface area contributed by atoms with Gasteiger partial charge in [0.2, 0.25) is 5.69 Å². The molecule has 0 spiro atoms. The molecule has 0 aliphatic carbocycles. The molecule has 0 atom stereocenters. The van der Waals surface area contributed by atoms with Crippen molar-refractivity contribution in [1.82, 2.24) is 0 Å². The summed E-state index contributed by atoms with van der Waals surface area (Å²) in [4.78, 5) is 0. The quantitative estimate of drug-likeness (QED) is 0.228. The van der Waals surface area contributed by atoms with Crippen LogP contribution in [0.2, 0.25) is 0 Å². The first-order chi connectivity index (χ1) is 21.0. The molecular weight excluding hydrogens is 434 g/mol. The van der Waals surface area contributed by atoms with Gasteiger partial charge in [-0.2, -0.15) is 0 Å². The molecule has 0 fully saturated rings. The molecule has 5 rings (SSSR count). The molecule has 178 valence electrons. The number of aryl methyl sites for hydroxylation is 5. The van der Waals surface area contributed by atoms with Gasteiger partial charge in [-0.15, -0.1) is 0 Å². The molecule has 0 bridgehead atoms. The Morgan fingerprint density at radius 3 is 2.03 bits per heavy atom. The summed E-state index contributed by atoms with van der Waals surface area (Å²) in [6.07, 6.45) is 1.54. The molecule has 0 saturated heterocycles. The van der Waals surface area contributed by atoms with Crippen LogP contribution in [0.3, 0.4) is 0 Å². The number of nitrogens with zero attached hydrogens (tertiary/aromatic N) is 1. The molecule has 0 radical (unpaired) electrons. The first-order valence-corrected chi connectivity index (χ1v) is 11.9.